The Kier molecular flexibility index (Phi) is 5.54. The number of rotatable bonds is 6. The molecule has 3 aromatic rings. The Morgan fingerprint density at radius 2 is 1.93 bits per heavy atom. The van der Waals surface area contributed by atoms with Gasteiger partial charge in [-0.25, -0.2) is 4.98 Å². The predicted molar refractivity (Wildman–Crippen MR) is 104 cm³/mol. The zero-order valence-electron chi connectivity index (χ0n) is 15.9. The SMILES string of the molecule is COc1cc(C(C)=O)ccc1OC(=O)CCn1cnc2c(C)cccc2c1=O. The third kappa shape index (κ3) is 3.93. The van der Waals surface area contributed by atoms with Crippen molar-refractivity contribution in [2.24, 2.45) is 0 Å². The number of para-hydroxylation sites is 1. The molecule has 2 aromatic carbocycles. The van der Waals surface area contributed by atoms with Crippen molar-refractivity contribution in [3.05, 3.63) is 64.2 Å². The Bertz CT molecular complexity index is 1120. The van der Waals surface area contributed by atoms with Crippen molar-refractivity contribution < 1.29 is 19.1 Å². The van der Waals surface area contributed by atoms with Gasteiger partial charge in [0.25, 0.3) is 5.56 Å². The van der Waals surface area contributed by atoms with Crippen LogP contribution in [0.15, 0.2) is 47.5 Å². The van der Waals surface area contributed by atoms with E-state index in [4.69, 9.17) is 9.47 Å². The van der Waals surface area contributed by atoms with Gasteiger partial charge in [0, 0.05) is 12.1 Å². The Morgan fingerprint density at radius 3 is 2.64 bits per heavy atom. The van der Waals surface area contributed by atoms with Crippen molar-refractivity contribution in [3.8, 4) is 11.5 Å². The van der Waals surface area contributed by atoms with Crippen LogP contribution < -0.4 is 15.0 Å². The first kappa shape index (κ1) is 19.3. The number of aryl methyl sites for hydroxylation is 2. The summed E-state index contributed by atoms with van der Waals surface area (Å²) in [5.74, 6) is -0.127. The quantitative estimate of drug-likeness (QED) is 0.371. The summed E-state index contributed by atoms with van der Waals surface area (Å²) in [6.45, 7) is 3.47. The lowest BCUT2D eigenvalue weighted by Crippen LogP contribution is -2.23. The molecule has 0 atom stereocenters. The zero-order chi connectivity index (χ0) is 20.3. The Balaban J connectivity index is 1.73. The smallest absolute Gasteiger partial charge is 0.313 e. The molecule has 1 heterocycles. The molecule has 0 aliphatic heterocycles. The summed E-state index contributed by atoms with van der Waals surface area (Å²) in [4.78, 5) is 40.6. The summed E-state index contributed by atoms with van der Waals surface area (Å²) in [7, 11) is 1.43. The van der Waals surface area contributed by atoms with E-state index in [0.29, 0.717) is 22.2 Å². The maximum atomic E-state index is 12.6. The van der Waals surface area contributed by atoms with E-state index in [9.17, 15) is 14.4 Å². The molecule has 0 aliphatic carbocycles. The molecule has 3 rings (SSSR count). The first-order valence-electron chi connectivity index (χ1n) is 8.75. The number of ether oxygens (including phenoxy) is 2. The fourth-order valence-electron chi connectivity index (χ4n) is 2.85. The minimum atomic E-state index is -0.523. The number of fused-ring (bicyclic) bond motifs is 1. The average Bonchev–Trinajstić information content (AvgIpc) is 2.68. The molecule has 0 bridgehead atoms. The second kappa shape index (κ2) is 8.04. The normalized spacial score (nSPS) is 10.7. The maximum Gasteiger partial charge on any atom is 0.313 e. The molecule has 0 saturated carbocycles. The lowest BCUT2D eigenvalue weighted by atomic mass is 10.1. The molecule has 7 heteroatoms. The van der Waals surface area contributed by atoms with Crippen molar-refractivity contribution in [1.82, 2.24) is 9.55 Å². The van der Waals surface area contributed by atoms with Crippen LogP contribution in [-0.2, 0) is 11.3 Å². The van der Waals surface area contributed by atoms with Gasteiger partial charge in [-0.1, -0.05) is 12.1 Å². The van der Waals surface area contributed by atoms with Crippen molar-refractivity contribution in [3.63, 3.8) is 0 Å². The molecule has 0 aliphatic rings. The average molecular weight is 380 g/mol. The van der Waals surface area contributed by atoms with Crippen molar-refractivity contribution in [2.45, 2.75) is 26.8 Å². The number of carbonyl (C=O) groups is 2. The van der Waals surface area contributed by atoms with Crippen LogP contribution in [0.3, 0.4) is 0 Å². The van der Waals surface area contributed by atoms with Crippen molar-refractivity contribution in [1.29, 1.82) is 0 Å². The van der Waals surface area contributed by atoms with E-state index in [2.05, 4.69) is 4.98 Å². The summed E-state index contributed by atoms with van der Waals surface area (Å²) in [6.07, 6.45) is 1.42. The van der Waals surface area contributed by atoms with Gasteiger partial charge in [0.1, 0.15) is 0 Å². The van der Waals surface area contributed by atoms with Gasteiger partial charge < -0.3 is 9.47 Å². The minimum Gasteiger partial charge on any atom is -0.493 e. The second-order valence-corrected chi connectivity index (χ2v) is 6.36. The molecule has 0 saturated heterocycles. The van der Waals surface area contributed by atoms with Gasteiger partial charge in [-0.3, -0.25) is 19.0 Å². The molecule has 0 radical (unpaired) electrons. The number of nitrogens with zero attached hydrogens (tertiary/aromatic N) is 2. The number of hydrogen-bond acceptors (Lipinski definition) is 6. The van der Waals surface area contributed by atoms with E-state index in [1.807, 2.05) is 13.0 Å². The molecule has 0 spiro atoms. The number of carbonyl (C=O) groups excluding carboxylic acids is 2. The van der Waals surface area contributed by atoms with E-state index < -0.39 is 5.97 Å². The summed E-state index contributed by atoms with van der Waals surface area (Å²) in [5.41, 5.74) is 1.83. The van der Waals surface area contributed by atoms with E-state index in [1.54, 1.807) is 18.2 Å². The number of hydrogen-bond donors (Lipinski definition) is 0. The highest BCUT2D eigenvalue weighted by atomic mass is 16.6. The molecular weight excluding hydrogens is 360 g/mol. The monoisotopic (exact) mass is 380 g/mol. The van der Waals surface area contributed by atoms with E-state index >= 15 is 0 Å². The molecule has 28 heavy (non-hydrogen) atoms. The topological polar surface area (TPSA) is 87.5 Å². The van der Waals surface area contributed by atoms with Gasteiger partial charge >= 0.3 is 5.97 Å². The van der Waals surface area contributed by atoms with Gasteiger partial charge in [-0.15, -0.1) is 0 Å². The highest BCUT2D eigenvalue weighted by Gasteiger charge is 2.13. The zero-order valence-corrected chi connectivity index (χ0v) is 15.9. The van der Waals surface area contributed by atoms with Gasteiger partial charge in [-0.2, -0.15) is 0 Å². The van der Waals surface area contributed by atoms with Crippen LogP contribution in [0.2, 0.25) is 0 Å². The van der Waals surface area contributed by atoms with Crippen LogP contribution in [0.1, 0.15) is 29.3 Å². The molecular formula is C21H20N2O5. The number of methoxy groups -OCH3 is 1. The van der Waals surface area contributed by atoms with E-state index in [0.717, 1.165) is 5.56 Å². The Hall–Kier alpha value is -3.48. The predicted octanol–water partition coefficient (Wildman–Crippen LogP) is 2.91. The van der Waals surface area contributed by atoms with Crippen LogP contribution in [0.4, 0.5) is 0 Å². The summed E-state index contributed by atoms with van der Waals surface area (Å²) in [5, 5.41) is 0.511. The third-order valence-electron chi connectivity index (χ3n) is 4.41. The Morgan fingerprint density at radius 1 is 1.14 bits per heavy atom. The molecule has 0 unspecified atom stereocenters. The van der Waals surface area contributed by atoms with Crippen LogP contribution in [0.25, 0.3) is 10.9 Å². The van der Waals surface area contributed by atoms with Crippen LogP contribution in [-0.4, -0.2) is 28.4 Å². The van der Waals surface area contributed by atoms with Crippen LogP contribution >= 0.6 is 0 Å². The maximum absolute atomic E-state index is 12.6. The van der Waals surface area contributed by atoms with Gasteiger partial charge in [0.15, 0.2) is 17.3 Å². The standard InChI is InChI=1S/C21H20N2O5/c1-13-5-4-6-16-20(13)22-12-23(21(16)26)10-9-19(25)28-17-8-7-15(14(2)24)11-18(17)27-3/h4-8,11-12H,9-10H2,1-3H3. The fourth-order valence-corrected chi connectivity index (χ4v) is 2.85. The highest BCUT2D eigenvalue weighted by Crippen LogP contribution is 2.28. The molecule has 7 nitrogen and oxygen atoms in total. The molecule has 0 fully saturated rings. The third-order valence-corrected chi connectivity index (χ3v) is 4.41. The van der Waals surface area contributed by atoms with Gasteiger partial charge in [-0.05, 0) is 43.7 Å². The molecule has 0 amide bonds. The lowest BCUT2D eigenvalue weighted by Gasteiger charge is -2.11. The second-order valence-electron chi connectivity index (χ2n) is 6.36. The summed E-state index contributed by atoms with van der Waals surface area (Å²) in [6, 6.07) is 10.0. The fraction of sp³-hybridized carbons (Fsp3) is 0.238. The highest BCUT2D eigenvalue weighted by molar-refractivity contribution is 5.94. The molecule has 0 N–H and O–H groups in total. The van der Waals surface area contributed by atoms with Gasteiger partial charge in [0.05, 0.1) is 30.8 Å². The summed E-state index contributed by atoms with van der Waals surface area (Å²) < 4.78 is 11.9. The van der Waals surface area contributed by atoms with Crippen molar-refractivity contribution >= 4 is 22.7 Å². The number of Topliss-reactive ketones (excluding diaryl/α,β-unsaturated/α-hetero) is 1. The molecule has 1 aromatic heterocycles. The molecule has 144 valence electrons. The number of aromatic nitrogens is 2. The number of esters is 1. The van der Waals surface area contributed by atoms with Gasteiger partial charge in [0.2, 0.25) is 0 Å². The van der Waals surface area contributed by atoms with E-state index in [1.165, 1.54) is 37.1 Å². The first-order chi connectivity index (χ1) is 13.4. The van der Waals surface area contributed by atoms with E-state index in [-0.39, 0.29) is 30.1 Å². The Labute approximate surface area is 161 Å². The first-order valence-corrected chi connectivity index (χ1v) is 8.75. The van der Waals surface area contributed by atoms with Crippen LogP contribution in [0.5, 0.6) is 11.5 Å². The summed E-state index contributed by atoms with van der Waals surface area (Å²) >= 11 is 0. The number of ketones is 1. The minimum absolute atomic E-state index is 0.0173. The van der Waals surface area contributed by atoms with Crippen molar-refractivity contribution in [2.75, 3.05) is 7.11 Å². The largest absolute Gasteiger partial charge is 0.493 e. The van der Waals surface area contributed by atoms with Crippen LogP contribution in [0, 0.1) is 6.92 Å². The number of benzene rings is 2. The lowest BCUT2D eigenvalue weighted by molar-refractivity contribution is -0.134.